The monoisotopic (exact) mass is 426 g/mol. The molecule has 1 fully saturated rings. The molecule has 6 nitrogen and oxygen atoms in total. The number of hydrogen-bond acceptors (Lipinski definition) is 4. The van der Waals surface area contributed by atoms with E-state index in [4.69, 9.17) is 5.21 Å². The van der Waals surface area contributed by atoms with Gasteiger partial charge in [-0.2, -0.15) is 0 Å². The Kier molecular flexibility index (Phi) is 6.11. The molecule has 3 aromatic rings. The molecule has 0 bridgehead atoms. The molecule has 2 N–H and O–H groups in total. The van der Waals surface area contributed by atoms with E-state index in [0.717, 1.165) is 44.1 Å². The van der Waals surface area contributed by atoms with E-state index in [9.17, 15) is 13.6 Å². The van der Waals surface area contributed by atoms with Crippen molar-refractivity contribution in [3.8, 4) is 11.4 Å². The van der Waals surface area contributed by atoms with Crippen LogP contribution in [0, 0.1) is 11.6 Å². The minimum atomic E-state index is -0.686. The summed E-state index contributed by atoms with van der Waals surface area (Å²) in [7, 11) is 0. The molecule has 31 heavy (non-hydrogen) atoms. The molecule has 4 rings (SSSR count). The topological polar surface area (TPSA) is 70.4 Å². The Hall–Kier alpha value is -3.10. The molecule has 1 aromatic heterocycles. The Morgan fingerprint density at radius 3 is 2.94 bits per heavy atom. The third-order valence-corrected chi connectivity index (χ3v) is 5.69. The predicted molar refractivity (Wildman–Crippen MR) is 114 cm³/mol. The van der Waals surface area contributed by atoms with Crippen LogP contribution in [0.15, 0.2) is 42.5 Å². The van der Waals surface area contributed by atoms with Crippen molar-refractivity contribution in [2.45, 2.75) is 25.8 Å². The number of imidazole rings is 1. The predicted octanol–water partition coefficient (Wildman–Crippen LogP) is 4.16. The molecule has 0 unspecified atom stereocenters. The van der Waals surface area contributed by atoms with Crippen molar-refractivity contribution in [3.05, 3.63) is 59.7 Å². The Morgan fingerprint density at radius 1 is 1.32 bits per heavy atom. The number of amides is 1. The first-order valence-corrected chi connectivity index (χ1v) is 10.3. The number of halogens is 2. The molecule has 1 aliphatic heterocycles. The van der Waals surface area contributed by atoms with Gasteiger partial charge in [-0.15, -0.1) is 0 Å². The maximum Gasteiger partial charge on any atom is 0.267 e. The lowest BCUT2D eigenvalue weighted by atomic mass is 10.0. The minimum absolute atomic E-state index is 0.0364. The average Bonchev–Trinajstić information content (AvgIpc) is 3.17. The summed E-state index contributed by atoms with van der Waals surface area (Å²) in [6.07, 6.45) is 4.65. The number of aromatic nitrogens is 2. The fraction of sp³-hybridized carbons (Fsp3) is 0.304. The number of benzene rings is 2. The zero-order chi connectivity index (χ0) is 22.0. The van der Waals surface area contributed by atoms with Crippen LogP contribution in [-0.2, 0) is 4.79 Å². The number of nitrogens with one attached hydrogen (secondary N) is 1. The Bertz CT molecular complexity index is 1140. The van der Waals surface area contributed by atoms with Crippen molar-refractivity contribution in [3.63, 3.8) is 0 Å². The second-order valence-corrected chi connectivity index (χ2v) is 7.68. The minimum Gasteiger partial charge on any atom is -0.319 e. The van der Waals surface area contributed by atoms with Crippen molar-refractivity contribution in [1.29, 1.82) is 0 Å². The van der Waals surface area contributed by atoms with E-state index in [0.29, 0.717) is 16.9 Å². The summed E-state index contributed by atoms with van der Waals surface area (Å²) in [6, 6.07) is 9.53. The van der Waals surface area contributed by atoms with Crippen LogP contribution < -0.4 is 5.48 Å². The van der Waals surface area contributed by atoms with Crippen LogP contribution >= 0.6 is 0 Å². The number of hydrogen-bond donors (Lipinski definition) is 2. The van der Waals surface area contributed by atoms with Gasteiger partial charge in [0.15, 0.2) is 5.82 Å². The van der Waals surface area contributed by atoms with Crippen molar-refractivity contribution in [2.24, 2.45) is 0 Å². The largest absolute Gasteiger partial charge is 0.319 e. The van der Waals surface area contributed by atoms with E-state index in [1.807, 2.05) is 22.8 Å². The van der Waals surface area contributed by atoms with Gasteiger partial charge in [-0.3, -0.25) is 10.0 Å². The Balaban J connectivity index is 1.85. The number of likely N-dealkylation sites (N-methyl/N-ethyl adjacent to an activating group) is 1. The van der Waals surface area contributed by atoms with Gasteiger partial charge in [0, 0.05) is 30.3 Å². The lowest BCUT2D eigenvalue weighted by molar-refractivity contribution is -0.124. The van der Waals surface area contributed by atoms with Crippen LogP contribution in [0.25, 0.3) is 28.5 Å². The highest BCUT2D eigenvalue weighted by molar-refractivity contribution is 5.91. The number of rotatable bonds is 5. The molecule has 2 aromatic carbocycles. The highest BCUT2D eigenvalue weighted by atomic mass is 19.1. The maximum atomic E-state index is 14.6. The molecule has 0 saturated carbocycles. The molecule has 1 aliphatic rings. The van der Waals surface area contributed by atoms with Gasteiger partial charge >= 0.3 is 0 Å². The summed E-state index contributed by atoms with van der Waals surface area (Å²) in [5.41, 5.74) is 3.58. The second kappa shape index (κ2) is 8.95. The van der Waals surface area contributed by atoms with E-state index in [-0.39, 0.29) is 11.6 Å². The van der Waals surface area contributed by atoms with Gasteiger partial charge in [-0.05, 0) is 49.7 Å². The molecule has 8 heteroatoms. The van der Waals surface area contributed by atoms with Crippen LogP contribution in [0.2, 0.25) is 0 Å². The SMILES string of the molecule is CCN1CCC[C@@H](n2c(-c3cccc(/C=C/C(=O)NO)c3)nc3c(F)cc(F)cc32)C1. The third-order valence-electron chi connectivity index (χ3n) is 5.69. The fourth-order valence-electron chi connectivity index (χ4n) is 4.21. The van der Waals surface area contributed by atoms with E-state index in [2.05, 4.69) is 16.8 Å². The average molecular weight is 426 g/mol. The molecule has 2 heterocycles. The van der Waals surface area contributed by atoms with Gasteiger partial charge in [0.05, 0.1) is 5.52 Å². The lowest BCUT2D eigenvalue weighted by Crippen LogP contribution is -2.36. The molecular weight excluding hydrogens is 402 g/mol. The van der Waals surface area contributed by atoms with Gasteiger partial charge in [0.25, 0.3) is 5.91 Å². The Labute approximate surface area is 178 Å². The molecule has 1 atom stereocenters. The summed E-state index contributed by atoms with van der Waals surface area (Å²) in [5, 5.41) is 8.66. The van der Waals surface area contributed by atoms with Crippen molar-refractivity contribution < 1.29 is 18.8 Å². The van der Waals surface area contributed by atoms with E-state index < -0.39 is 17.5 Å². The first-order chi connectivity index (χ1) is 15.0. The second-order valence-electron chi connectivity index (χ2n) is 7.68. The van der Waals surface area contributed by atoms with Gasteiger partial charge in [0.2, 0.25) is 0 Å². The van der Waals surface area contributed by atoms with Gasteiger partial charge in [-0.25, -0.2) is 19.2 Å². The first kappa shape index (κ1) is 21.1. The van der Waals surface area contributed by atoms with Crippen LogP contribution in [0.3, 0.4) is 0 Å². The van der Waals surface area contributed by atoms with Crippen molar-refractivity contribution in [1.82, 2.24) is 19.9 Å². The molecule has 0 aliphatic carbocycles. The quantitative estimate of drug-likeness (QED) is 0.365. The van der Waals surface area contributed by atoms with E-state index >= 15 is 0 Å². The van der Waals surface area contributed by atoms with Crippen LogP contribution in [0.1, 0.15) is 31.4 Å². The summed E-state index contributed by atoms with van der Waals surface area (Å²) < 4.78 is 30.7. The highest BCUT2D eigenvalue weighted by Crippen LogP contribution is 2.34. The van der Waals surface area contributed by atoms with Crippen molar-refractivity contribution in [2.75, 3.05) is 19.6 Å². The smallest absolute Gasteiger partial charge is 0.267 e. The van der Waals surface area contributed by atoms with Crippen LogP contribution in [0.4, 0.5) is 8.78 Å². The standard InChI is InChI=1S/C23H24F2N4O2/c1-2-28-10-4-7-18(14-28)29-20-13-17(24)12-19(25)22(20)26-23(29)16-6-3-5-15(11-16)8-9-21(30)27-31/h3,5-6,8-9,11-13,18,31H,2,4,7,10,14H2,1H3,(H,27,30)/b9-8+/t18-/m1/s1. The molecule has 0 radical (unpaired) electrons. The van der Waals surface area contributed by atoms with Gasteiger partial charge in [-0.1, -0.05) is 25.1 Å². The van der Waals surface area contributed by atoms with Gasteiger partial charge in [0.1, 0.15) is 17.2 Å². The van der Waals surface area contributed by atoms with Crippen molar-refractivity contribution >= 4 is 23.0 Å². The van der Waals surface area contributed by atoms with Gasteiger partial charge < -0.3 is 9.47 Å². The van der Waals surface area contributed by atoms with Crippen LogP contribution in [-0.4, -0.2) is 45.2 Å². The number of carbonyl (C=O) groups is 1. The molecule has 0 spiro atoms. The molecule has 1 saturated heterocycles. The third kappa shape index (κ3) is 4.35. The fourth-order valence-corrected chi connectivity index (χ4v) is 4.21. The first-order valence-electron chi connectivity index (χ1n) is 10.3. The number of nitrogens with zero attached hydrogens (tertiary/aromatic N) is 3. The highest BCUT2D eigenvalue weighted by Gasteiger charge is 2.26. The van der Waals surface area contributed by atoms with Crippen LogP contribution in [0.5, 0.6) is 0 Å². The lowest BCUT2D eigenvalue weighted by Gasteiger charge is -2.33. The summed E-state index contributed by atoms with van der Waals surface area (Å²) in [4.78, 5) is 18.2. The number of carbonyl (C=O) groups excluding carboxylic acids is 1. The van der Waals surface area contributed by atoms with E-state index in [1.165, 1.54) is 12.1 Å². The number of fused-ring (bicyclic) bond motifs is 1. The summed E-state index contributed by atoms with van der Waals surface area (Å²) in [5.74, 6) is -1.40. The molecular formula is C23H24F2N4O2. The molecule has 1 amide bonds. The summed E-state index contributed by atoms with van der Waals surface area (Å²) in [6.45, 7) is 4.80. The molecule has 162 valence electrons. The zero-order valence-electron chi connectivity index (χ0n) is 17.2. The number of piperidine rings is 1. The normalized spacial score (nSPS) is 17.5. The number of likely N-dealkylation sites (tertiary alicyclic amines) is 1. The Morgan fingerprint density at radius 2 is 2.16 bits per heavy atom. The van der Waals surface area contributed by atoms with E-state index in [1.54, 1.807) is 17.6 Å². The zero-order valence-corrected chi connectivity index (χ0v) is 17.2. The number of hydroxylamine groups is 1. The summed E-state index contributed by atoms with van der Waals surface area (Å²) >= 11 is 0. The maximum absolute atomic E-state index is 14.6.